The van der Waals surface area contributed by atoms with Crippen molar-refractivity contribution in [1.29, 1.82) is 0 Å². The van der Waals surface area contributed by atoms with Crippen molar-refractivity contribution in [2.24, 2.45) is 0 Å². The van der Waals surface area contributed by atoms with Crippen LogP contribution in [-0.4, -0.2) is 10.9 Å². The van der Waals surface area contributed by atoms with Crippen molar-refractivity contribution >= 4 is 43.5 Å². The molecule has 1 aromatic carbocycles. The van der Waals surface area contributed by atoms with Crippen LogP contribution in [0.2, 0.25) is 0 Å². The topological polar surface area (TPSA) is 42.0 Å². The van der Waals surface area contributed by atoms with Crippen LogP contribution >= 0.6 is 31.9 Å². The zero-order chi connectivity index (χ0) is 13.1. The molecule has 1 heterocycles. The number of carbonyl (C=O) groups excluding carboxylic acids is 1. The van der Waals surface area contributed by atoms with Crippen LogP contribution < -0.4 is 5.32 Å². The number of halogens is 2. The first-order chi connectivity index (χ1) is 8.56. The quantitative estimate of drug-likeness (QED) is 0.807. The van der Waals surface area contributed by atoms with Crippen LogP contribution in [0.4, 0.5) is 5.69 Å². The van der Waals surface area contributed by atoms with Gasteiger partial charge in [0.25, 0.3) is 5.91 Å². The lowest BCUT2D eigenvalue weighted by atomic mass is 10.2. The number of amides is 1. The second-order valence-electron chi connectivity index (χ2n) is 3.76. The molecule has 0 saturated heterocycles. The van der Waals surface area contributed by atoms with E-state index in [4.69, 9.17) is 0 Å². The highest BCUT2D eigenvalue weighted by Crippen LogP contribution is 2.20. The number of hydrogen-bond donors (Lipinski definition) is 1. The Balaban J connectivity index is 2.21. The summed E-state index contributed by atoms with van der Waals surface area (Å²) in [5, 5.41) is 2.84. The lowest BCUT2D eigenvalue weighted by molar-refractivity contribution is 0.102. The number of aromatic nitrogens is 1. The van der Waals surface area contributed by atoms with Crippen LogP contribution in [0, 0.1) is 6.92 Å². The minimum absolute atomic E-state index is 0.221. The molecule has 0 spiro atoms. The molecule has 0 aliphatic rings. The number of carbonyl (C=O) groups is 1. The molecule has 5 heteroatoms. The molecule has 2 rings (SSSR count). The zero-order valence-corrected chi connectivity index (χ0v) is 12.7. The fraction of sp³-hybridized carbons (Fsp3) is 0.0769. The molecule has 3 nitrogen and oxygen atoms in total. The first-order valence-corrected chi connectivity index (χ1v) is 6.85. The normalized spacial score (nSPS) is 10.2. The molecule has 18 heavy (non-hydrogen) atoms. The maximum Gasteiger partial charge on any atom is 0.274 e. The van der Waals surface area contributed by atoms with Crippen LogP contribution in [0.1, 0.15) is 16.1 Å². The van der Waals surface area contributed by atoms with Crippen LogP contribution in [0.5, 0.6) is 0 Å². The van der Waals surface area contributed by atoms with Crippen LogP contribution in [-0.2, 0) is 0 Å². The second kappa shape index (κ2) is 5.63. The largest absolute Gasteiger partial charge is 0.320 e. The van der Waals surface area contributed by atoms with Crippen molar-refractivity contribution in [3.05, 3.63) is 56.7 Å². The van der Waals surface area contributed by atoms with Gasteiger partial charge in [-0.05, 0) is 58.7 Å². The molecule has 0 aliphatic heterocycles. The SMILES string of the molecule is Cc1cc(Br)ccc1NC(=O)c1cccc(Br)n1. The van der Waals surface area contributed by atoms with E-state index in [-0.39, 0.29) is 5.91 Å². The molecular formula is C13H10Br2N2O. The van der Waals surface area contributed by atoms with E-state index in [1.165, 1.54) is 0 Å². The van der Waals surface area contributed by atoms with E-state index in [2.05, 4.69) is 42.2 Å². The third-order valence-electron chi connectivity index (χ3n) is 2.38. The number of nitrogens with zero attached hydrogens (tertiary/aromatic N) is 1. The van der Waals surface area contributed by atoms with Crippen LogP contribution in [0.3, 0.4) is 0 Å². The average molecular weight is 370 g/mol. The van der Waals surface area contributed by atoms with Crippen LogP contribution in [0.15, 0.2) is 45.5 Å². The monoisotopic (exact) mass is 368 g/mol. The maximum atomic E-state index is 12.0. The summed E-state index contributed by atoms with van der Waals surface area (Å²) in [6, 6.07) is 10.9. The van der Waals surface area contributed by atoms with Crippen molar-refractivity contribution in [3.8, 4) is 0 Å². The van der Waals surface area contributed by atoms with Gasteiger partial charge in [0.1, 0.15) is 10.3 Å². The number of aryl methyl sites for hydroxylation is 1. The van der Waals surface area contributed by atoms with E-state index in [1.54, 1.807) is 18.2 Å². The predicted octanol–water partition coefficient (Wildman–Crippen LogP) is 4.17. The Bertz CT molecular complexity index is 599. The fourth-order valence-corrected chi connectivity index (χ4v) is 2.31. The number of pyridine rings is 1. The van der Waals surface area contributed by atoms with Gasteiger partial charge in [-0.1, -0.05) is 22.0 Å². The number of hydrogen-bond acceptors (Lipinski definition) is 2. The maximum absolute atomic E-state index is 12.0. The number of benzene rings is 1. The summed E-state index contributed by atoms with van der Waals surface area (Å²) in [7, 11) is 0. The Morgan fingerprint density at radius 1 is 1.22 bits per heavy atom. The first-order valence-electron chi connectivity index (χ1n) is 5.26. The summed E-state index contributed by atoms with van der Waals surface area (Å²) in [6.07, 6.45) is 0. The summed E-state index contributed by atoms with van der Waals surface area (Å²) >= 11 is 6.63. The van der Waals surface area contributed by atoms with E-state index in [0.717, 1.165) is 15.7 Å². The van der Waals surface area contributed by atoms with Crippen LogP contribution in [0.25, 0.3) is 0 Å². The smallest absolute Gasteiger partial charge is 0.274 e. The fourth-order valence-electron chi connectivity index (χ4n) is 1.49. The van der Waals surface area contributed by atoms with Crippen molar-refractivity contribution in [1.82, 2.24) is 4.98 Å². The molecule has 1 amide bonds. The Labute approximate surface area is 122 Å². The van der Waals surface area contributed by atoms with Gasteiger partial charge in [-0.3, -0.25) is 4.79 Å². The number of nitrogens with one attached hydrogen (secondary N) is 1. The molecule has 2 aromatic rings. The Hall–Kier alpha value is -1.20. The number of rotatable bonds is 2. The van der Waals surface area contributed by atoms with Gasteiger partial charge in [0.05, 0.1) is 0 Å². The Kier molecular flexibility index (Phi) is 4.14. The van der Waals surface area contributed by atoms with E-state index in [1.807, 2.05) is 25.1 Å². The highest BCUT2D eigenvalue weighted by atomic mass is 79.9. The molecule has 92 valence electrons. The molecule has 0 unspecified atom stereocenters. The minimum Gasteiger partial charge on any atom is -0.320 e. The summed E-state index contributed by atoms with van der Waals surface area (Å²) in [6.45, 7) is 1.94. The van der Waals surface area contributed by atoms with Crippen molar-refractivity contribution in [2.75, 3.05) is 5.32 Å². The van der Waals surface area contributed by atoms with Crippen molar-refractivity contribution in [2.45, 2.75) is 6.92 Å². The Morgan fingerprint density at radius 2 is 2.00 bits per heavy atom. The van der Waals surface area contributed by atoms with Gasteiger partial charge in [0.2, 0.25) is 0 Å². The van der Waals surface area contributed by atoms with Crippen molar-refractivity contribution < 1.29 is 4.79 Å². The van der Waals surface area contributed by atoms with Gasteiger partial charge >= 0.3 is 0 Å². The molecule has 0 saturated carbocycles. The van der Waals surface area contributed by atoms with Gasteiger partial charge in [-0.15, -0.1) is 0 Å². The van der Waals surface area contributed by atoms with E-state index in [9.17, 15) is 4.79 Å². The lowest BCUT2D eigenvalue weighted by Gasteiger charge is -2.08. The Morgan fingerprint density at radius 3 is 2.67 bits per heavy atom. The van der Waals surface area contributed by atoms with Gasteiger partial charge in [0.15, 0.2) is 0 Å². The summed E-state index contributed by atoms with van der Waals surface area (Å²) in [5.41, 5.74) is 2.16. The molecule has 0 aliphatic carbocycles. The molecule has 0 bridgehead atoms. The highest BCUT2D eigenvalue weighted by Gasteiger charge is 2.09. The van der Waals surface area contributed by atoms with E-state index < -0.39 is 0 Å². The van der Waals surface area contributed by atoms with Gasteiger partial charge in [0, 0.05) is 10.2 Å². The highest BCUT2D eigenvalue weighted by molar-refractivity contribution is 9.10. The summed E-state index contributed by atoms with van der Waals surface area (Å²) in [4.78, 5) is 16.1. The lowest BCUT2D eigenvalue weighted by Crippen LogP contribution is -2.14. The van der Waals surface area contributed by atoms with E-state index >= 15 is 0 Å². The molecule has 0 radical (unpaired) electrons. The summed E-state index contributed by atoms with van der Waals surface area (Å²) < 4.78 is 1.63. The zero-order valence-electron chi connectivity index (χ0n) is 9.58. The van der Waals surface area contributed by atoms with Gasteiger partial charge in [-0.2, -0.15) is 0 Å². The van der Waals surface area contributed by atoms with Gasteiger partial charge < -0.3 is 5.32 Å². The van der Waals surface area contributed by atoms with Gasteiger partial charge in [-0.25, -0.2) is 4.98 Å². The predicted molar refractivity (Wildman–Crippen MR) is 78.8 cm³/mol. The average Bonchev–Trinajstić information content (AvgIpc) is 2.32. The minimum atomic E-state index is -0.221. The third kappa shape index (κ3) is 3.17. The molecule has 1 aromatic heterocycles. The number of anilines is 1. The van der Waals surface area contributed by atoms with E-state index in [0.29, 0.717) is 10.3 Å². The first kappa shape index (κ1) is 13.2. The molecule has 0 fully saturated rings. The second-order valence-corrected chi connectivity index (χ2v) is 5.49. The summed E-state index contributed by atoms with van der Waals surface area (Å²) in [5.74, 6) is -0.221. The molecule has 0 atom stereocenters. The third-order valence-corrected chi connectivity index (χ3v) is 3.32. The molecular weight excluding hydrogens is 360 g/mol. The standard InChI is InChI=1S/C13H10Br2N2O/c1-8-7-9(14)5-6-10(8)17-13(18)11-3-2-4-12(15)16-11/h2-7H,1H3,(H,17,18). The molecule has 1 N–H and O–H groups in total. The van der Waals surface area contributed by atoms with Crippen molar-refractivity contribution in [3.63, 3.8) is 0 Å².